The number of aryl methyl sites for hydroxylation is 1. The predicted octanol–water partition coefficient (Wildman–Crippen LogP) is -0.0334. The monoisotopic (exact) mass is 153 g/mol. The van der Waals surface area contributed by atoms with Gasteiger partial charge in [-0.2, -0.15) is 0 Å². The van der Waals surface area contributed by atoms with Crippen molar-refractivity contribution in [3.8, 4) is 0 Å². The fourth-order valence-electron chi connectivity index (χ4n) is 0.621. The molecule has 0 saturated carbocycles. The molecule has 5 nitrogen and oxygen atoms in total. The van der Waals surface area contributed by atoms with E-state index in [0.29, 0.717) is 5.56 Å². The van der Waals surface area contributed by atoms with Crippen LogP contribution in [0.25, 0.3) is 0 Å². The molecule has 1 aromatic heterocycles. The van der Waals surface area contributed by atoms with Crippen molar-refractivity contribution in [2.45, 2.75) is 6.92 Å². The van der Waals surface area contributed by atoms with E-state index in [4.69, 9.17) is 0 Å². The van der Waals surface area contributed by atoms with E-state index in [1.165, 1.54) is 13.3 Å². The lowest BCUT2D eigenvalue weighted by atomic mass is 10.3. The number of hydrogen-bond donors (Lipinski definition) is 0. The van der Waals surface area contributed by atoms with Crippen LogP contribution in [0.5, 0.6) is 0 Å². The van der Waals surface area contributed by atoms with Gasteiger partial charge in [-0.3, -0.25) is 0 Å². The van der Waals surface area contributed by atoms with Gasteiger partial charge in [0.2, 0.25) is 0 Å². The van der Waals surface area contributed by atoms with Gasteiger partial charge in [0.15, 0.2) is 5.69 Å². The Balaban J connectivity index is 3.03. The van der Waals surface area contributed by atoms with Gasteiger partial charge in [-0.15, -0.1) is 10.2 Å². The van der Waals surface area contributed by atoms with Crippen LogP contribution in [-0.4, -0.2) is 28.5 Å². The first-order valence-corrected chi connectivity index (χ1v) is 2.99. The summed E-state index contributed by atoms with van der Waals surface area (Å²) >= 11 is 0. The van der Waals surface area contributed by atoms with Gasteiger partial charge in [-0.25, -0.2) is 4.79 Å². The minimum atomic E-state index is -0.489. The zero-order valence-electron chi connectivity index (χ0n) is 6.24. The maximum atomic E-state index is 10.9. The molecule has 0 radical (unpaired) electrons. The van der Waals surface area contributed by atoms with Gasteiger partial charge < -0.3 is 4.74 Å². The molecule has 5 heteroatoms. The molecule has 11 heavy (non-hydrogen) atoms. The Morgan fingerprint density at radius 1 is 1.64 bits per heavy atom. The largest absolute Gasteiger partial charge is 0.464 e. The molecule has 0 fully saturated rings. The molecule has 1 rings (SSSR count). The van der Waals surface area contributed by atoms with Crippen molar-refractivity contribution < 1.29 is 9.53 Å². The van der Waals surface area contributed by atoms with Crippen molar-refractivity contribution in [3.63, 3.8) is 0 Å². The van der Waals surface area contributed by atoms with Crippen molar-refractivity contribution >= 4 is 5.97 Å². The third kappa shape index (κ3) is 1.49. The number of rotatable bonds is 1. The van der Waals surface area contributed by atoms with Gasteiger partial charge >= 0.3 is 5.97 Å². The molecule has 0 spiro atoms. The Morgan fingerprint density at radius 3 is 2.91 bits per heavy atom. The van der Waals surface area contributed by atoms with Gasteiger partial charge in [-0.05, 0) is 12.1 Å². The molecule has 0 aliphatic heterocycles. The van der Waals surface area contributed by atoms with Crippen LogP contribution in [0, 0.1) is 6.92 Å². The molecule has 0 atom stereocenters. The van der Waals surface area contributed by atoms with E-state index in [-0.39, 0.29) is 5.69 Å². The standard InChI is InChI=1S/C6H7N3O2/c1-4-3-7-9-8-5(4)6(10)11-2/h3H,1-2H3. The van der Waals surface area contributed by atoms with Crippen LogP contribution < -0.4 is 0 Å². The fourth-order valence-corrected chi connectivity index (χ4v) is 0.621. The summed E-state index contributed by atoms with van der Waals surface area (Å²) < 4.78 is 4.45. The van der Waals surface area contributed by atoms with Gasteiger partial charge in [-0.1, -0.05) is 0 Å². The molecule has 0 aliphatic carbocycles. The van der Waals surface area contributed by atoms with E-state index in [9.17, 15) is 4.79 Å². The van der Waals surface area contributed by atoms with Crippen LogP contribution in [-0.2, 0) is 4.74 Å². The summed E-state index contributed by atoms with van der Waals surface area (Å²) in [5.41, 5.74) is 0.870. The Morgan fingerprint density at radius 2 is 2.36 bits per heavy atom. The number of ether oxygens (including phenoxy) is 1. The zero-order valence-corrected chi connectivity index (χ0v) is 6.24. The molecule has 0 saturated heterocycles. The van der Waals surface area contributed by atoms with E-state index in [1.807, 2.05) is 0 Å². The topological polar surface area (TPSA) is 65.0 Å². The lowest BCUT2D eigenvalue weighted by Gasteiger charge is -1.97. The maximum Gasteiger partial charge on any atom is 0.358 e. The van der Waals surface area contributed by atoms with Gasteiger partial charge in [0.1, 0.15) is 0 Å². The van der Waals surface area contributed by atoms with Crippen molar-refractivity contribution in [1.29, 1.82) is 0 Å². The summed E-state index contributed by atoms with van der Waals surface area (Å²) in [6, 6.07) is 0. The number of methoxy groups -OCH3 is 1. The minimum absolute atomic E-state index is 0.211. The number of esters is 1. The van der Waals surface area contributed by atoms with E-state index in [1.54, 1.807) is 6.92 Å². The van der Waals surface area contributed by atoms with Crippen molar-refractivity contribution in [3.05, 3.63) is 17.5 Å². The number of carbonyl (C=O) groups is 1. The van der Waals surface area contributed by atoms with Crippen LogP contribution in [0.4, 0.5) is 0 Å². The Kier molecular flexibility index (Phi) is 2.10. The molecule has 0 aliphatic rings. The summed E-state index contributed by atoms with van der Waals surface area (Å²) in [4.78, 5) is 10.9. The molecular formula is C6H7N3O2. The lowest BCUT2D eigenvalue weighted by molar-refractivity contribution is 0.0591. The third-order valence-corrected chi connectivity index (χ3v) is 1.20. The number of aromatic nitrogens is 3. The SMILES string of the molecule is COC(=O)c1nnncc1C. The first-order valence-electron chi connectivity index (χ1n) is 2.99. The second kappa shape index (κ2) is 3.05. The van der Waals surface area contributed by atoms with Crippen LogP contribution >= 0.6 is 0 Å². The van der Waals surface area contributed by atoms with Gasteiger partial charge in [0.05, 0.1) is 13.3 Å². The van der Waals surface area contributed by atoms with Gasteiger partial charge in [0, 0.05) is 5.56 Å². The van der Waals surface area contributed by atoms with E-state index >= 15 is 0 Å². The Labute approximate surface area is 63.4 Å². The normalized spacial score (nSPS) is 9.27. The molecule has 0 N–H and O–H groups in total. The average molecular weight is 153 g/mol. The summed E-state index contributed by atoms with van der Waals surface area (Å²) in [5.74, 6) is -0.489. The molecule has 1 aromatic rings. The Bertz CT molecular complexity index is 274. The first kappa shape index (κ1) is 7.59. The number of hydrogen-bond acceptors (Lipinski definition) is 5. The highest BCUT2D eigenvalue weighted by Crippen LogP contribution is 2.00. The van der Waals surface area contributed by atoms with E-state index in [0.717, 1.165) is 0 Å². The van der Waals surface area contributed by atoms with Crippen LogP contribution in [0.2, 0.25) is 0 Å². The third-order valence-electron chi connectivity index (χ3n) is 1.20. The van der Waals surface area contributed by atoms with Crippen molar-refractivity contribution in [1.82, 2.24) is 15.4 Å². The van der Waals surface area contributed by atoms with Gasteiger partial charge in [0.25, 0.3) is 0 Å². The fraction of sp³-hybridized carbons (Fsp3) is 0.333. The summed E-state index contributed by atoms with van der Waals surface area (Å²) in [5, 5.41) is 10.3. The highest BCUT2D eigenvalue weighted by Gasteiger charge is 2.10. The maximum absolute atomic E-state index is 10.9. The predicted molar refractivity (Wildman–Crippen MR) is 35.9 cm³/mol. The molecule has 0 amide bonds. The molecular weight excluding hydrogens is 146 g/mol. The zero-order chi connectivity index (χ0) is 8.27. The van der Waals surface area contributed by atoms with E-state index in [2.05, 4.69) is 20.1 Å². The number of nitrogens with zero attached hydrogens (tertiary/aromatic N) is 3. The van der Waals surface area contributed by atoms with Crippen LogP contribution in [0.3, 0.4) is 0 Å². The molecule has 58 valence electrons. The first-order chi connectivity index (χ1) is 5.25. The molecule has 1 heterocycles. The smallest absolute Gasteiger partial charge is 0.358 e. The minimum Gasteiger partial charge on any atom is -0.464 e. The molecule has 0 unspecified atom stereocenters. The van der Waals surface area contributed by atoms with E-state index < -0.39 is 5.97 Å². The average Bonchev–Trinajstić information content (AvgIpc) is 2.04. The Hall–Kier alpha value is -1.52. The van der Waals surface area contributed by atoms with Crippen LogP contribution in [0.1, 0.15) is 16.1 Å². The highest BCUT2D eigenvalue weighted by atomic mass is 16.5. The summed E-state index contributed by atoms with van der Waals surface area (Å²) in [6.45, 7) is 1.72. The van der Waals surface area contributed by atoms with Crippen molar-refractivity contribution in [2.75, 3.05) is 7.11 Å². The second-order valence-corrected chi connectivity index (χ2v) is 1.96. The second-order valence-electron chi connectivity index (χ2n) is 1.96. The quantitative estimate of drug-likeness (QED) is 0.530. The molecule has 0 bridgehead atoms. The summed E-state index contributed by atoms with van der Waals surface area (Å²) in [7, 11) is 1.30. The highest BCUT2D eigenvalue weighted by molar-refractivity contribution is 5.88. The molecule has 0 aromatic carbocycles. The number of carbonyl (C=O) groups excluding carboxylic acids is 1. The summed E-state index contributed by atoms with van der Waals surface area (Å²) in [6.07, 6.45) is 1.46. The van der Waals surface area contributed by atoms with Crippen LogP contribution in [0.15, 0.2) is 6.20 Å². The lowest BCUT2D eigenvalue weighted by Crippen LogP contribution is -2.08. The van der Waals surface area contributed by atoms with Crippen molar-refractivity contribution in [2.24, 2.45) is 0 Å².